The van der Waals surface area contributed by atoms with E-state index >= 15 is 0 Å². The Bertz CT molecular complexity index is 363. The smallest absolute Gasteiger partial charge is 0.311 e. The highest BCUT2D eigenvalue weighted by molar-refractivity contribution is 7.98. The zero-order chi connectivity index (χ0) is 12.7. The van der Waals surface area contributed by atoms with Gasteiger partial charge in [0.1, 0.15) is 0 Å². The number of unbranched alkanes of at least 4 members (excludes halogenated alkanes) is 2. The van der Waals surface area contributed by atoms with E-state index in [0.717, 1.165) is 36.1 Å². The first kappa shape index (κ1) is 14.1. The lowest BCUT2D eigenvalue weighted by Crippen LogP contribution is -2.12. The van der Waals surface area contributed by atoms with Crippen molar-refractivity contribution in [1.29, 1.82) is 0 Å². The van der Waals surface area contributed by atoms with Gasteiger partial charge in [-0.2, -0.15) is 0 Å². The van der Waals surface area contributed by atoms with Crippen LogP contribution in [0, 0.1) is 0 Å². The van der Waals surface area contributed by atoms with Crippen LogP contribution in [0.5, 0.6) is 0 Å². The molecule has 1 atom stereocenters. The standard InChI is InChI=1S/C14H20O2S/c1-3-4-5-9-12(14(15)16)11-8-6-7-10-13(11)17-2/h6-8,10,12H,3-5,9H2,1-2H3,(H,15,16). The SMILES string of the molecule is CCCCCC(C(=O)O)c1ccccc1SC. The second kappa shape index (κ2) is 7.38. The Morgan fingerprint density at radius 1 is 1.35 bits per heavy atom. The average molecular weight is 252 g/mol. The Morgan fingerprint density at radius 3 is 2.65 bits per heavy atom. The summed E-state index contributed by atoms with van der Waals surface area (Å²) in [6, 6.07) is 7.82. The van der Waals surface area contributed by atoms with Crippen LogP contribution in [0.4, 0.5) is 0 Å². The lowest BCUT2D eigenvalue weighted by atomic mass is 9.93. The van der Waals surface area contributed by atoms with Gasteiger partial charge in [-0.05, 0) is 24.3 Å². The van der Waals surface area contributed by atoms with Gasteiger partial charge in [0.2, 0.25) is 0 Å². The van der Waals surface area contributed by atoms with Crippen molar-refractivity contribution in [3.63, 3.8) is 0 Å². The Morgan fingerprint density at radius 2 is 2.06 bits per heavy atom. The van der Waals surface area contributed by atoms with Gasteiger partial charge in [-0.15, -0.1) is 11.8 Å². The number of carboxylic acids is 1. The molecule has 0 radical (unpaired) electrons. The highest BCUT2D eigenvalue weighted by atomic mass is 32.2. The first-order valence-corrected chi connectivity index (χ1v) is 7.28. The monoisotopic (exact) mass is 252 g/mol. The first-order valence-electron chi connectivity index (χ1n) is 6.06. The van der Waals surface area contributed by atoms with Gasteiger partial charge < -0.3 is 5.11 Å². The summed E-state index contributed by atoms with van der Waals surface area (Å²) < 4.78 is 0. The van der Waals surface area contributed by atoms with E-state index in [2.05, 4.69) is 6.92 Å². The molecule has 0 saturated heterocycles. The summed E-state index contributed by atoms with van der Waals surface area (Å²) in [5.41, 5.74) is 0.962. The molecule has 17 heavy (non-hydrogen) atoms. The van der Waals surface area contributed by atoms with Crippen LogP contribution in [0.15, 0.2) is 29.2 Å². The predicted octanol–water partition coefficient (Wildman–Crippen LogP) is 4.16. The van der Waals surface area contributed by atoms with Crippen LogP contribution in [-0.4, -0.2) is 17.3 Å². The molecule has 0 aromatic heterocycles. The zero-order valence-corrected chi connectivity index (χ0v) is 11.3. The van der Waals surface area contributed by atoms with Gasteiger partial charge in [-0.25, -0.2) is 0 Å². The normalized spacial score (nSPS) is 12.4. The molecule has 3 heteroatoms. The number of carboxylic acid groups (broad SMARTS) is 1. The van der Waals surface area contributed by atoms with E-state index in [1.165, 1.54) is 0 Å². The van der Waals surface area contributed by atoms with Gasteiger partial charge >= 0.3 is 5.97 Å². The fraction of sp³-hybridized carbons (Fsp3) is 0.500. The minimum absolute atomic E-state index is 0.356. The molecule has 2 nitrogen and oxygen atoms in total. The van der Waals surface area contributed by atoms with Gasteiger partial charge in [-0.3, -0.25) is 4.79 Å². The molecule has 0 heterocycles. The Balaban J connectivity index is 2.85. The van der Waals surface area contributed by atoms with E-state index in [9.17, 15) is 9.90 Å². The first-order chi connectivity index (χ1) is 8.20. The predicted molar refractivity (Wildman–Crippen MR) is 72.7 cm³/mol. The summed E-state index contributed by atoms with van der Waals surface area (Å²) in [4.78, 5) is 12.4. The van der Waals surface area contributed by atoms with Crippen molar-refractivity contribution in [1.82, 2.24) is 0 Å². The van der Waals surface area contributed by atoms with E-state index in [-0.39, 0.29) is 5.92 Å². The summed E-state index contributed by atoms with van der Waals surface area (Å²) in [6.45, 7) is 2.13. The van der Waals surface area contributed by atoms with Crippen molar-refractivity contribution in [2.45, 2.75) is 43.4 Å². The average Bonchev–Trinajstić information content (AvgIpc) is 2.34. The van der Waals surface area contributed by atoms with Crippen molar-refractivity contribution in [3.05, 3.63) is 29.8 Å². The molecule has 1 aromatic carbocycles. The van der Waals surface area contributed by atoms with Crippen LogP contribution in [0.1, 0.15) is 44.1 Å². The maximum Gasteiger partial charge on any atom is 0.311 e. The maximum atomic E-state index is 11.4. The lowest BCUT2D eigenvalue weighted by molar-refractivity contribution is -0.139. The summed E-state index contributed by atoms with van der Waals surface area (Å²) in [5.74, 6) is -1.06. The van der Waals surface area contributed by atoms with E-state index in [1.807, 2.05) is 30.5 Å². The number of carbonyl (C=O) groups is 1. The minimum Gasteiger partial charge on any atom is -0.481 e. The van der Waals surface area contributed by atoms with Crippen molar-refractivity contribution < 1.29 is 9.90 Å². The third kappa shape index (κ3) is 4.08. The van der Waals surface area contributed by atoms with E-state index < -0.39 is 5.97 Å². The molecule has 0 aliphatic heterocycles. The highest BCUT2D eigenvalue weighted by Gasteiger charge is 2.21. The molecule has 1 unspecified atom stereocenters. The van der Waals surface area contributed by atoms with Crippen LogP contribution in [-0.2, 0) is 4.79 Å². The van der Waals surface area contributed by atoms with Crippen LogP contribution in [0.25, 0.3) is 0 Å². The quantitative estimate of drug-likeness (QED) is 0.585. The van der Waals surface area contributed by atoms with Crippen LogP contribution in [0.2, 0.25) is 0 Å². The summed E-state index contributed by atoms with van der Waals surface area (Å²) in [6.07, 6.45) is 5.93. The van der Waals surface area contributed by atoms with Crippen LogP contribution < -0.4 is 0 Å². The second-order valence-electron chi connectivity index (χ2n) is 4.13. The molecule has 0 aliphatic carbocycles. The number of thioether (sulfide) groups is 1. The van der Waals surface area contributed by atoms with Crippen LogP contribution >= 0.6 is 11.8 Å². The van der Waals surface area contributed by atoms with Crippen molar-refractivity contribution in [2.75, 3.05) is 6.26 Å². The lowest BCUT2D eigenvalue weighted by Gasteiger charge is -2.15. The van der Waals surface area contributed by atoms with Gasteiger partial charge in [0.15, 0.2) is 0 Å². The zero-order valence-electron chi connectivity index (χ0n) is 10.5. The van der Waals surface area contributed by atoms with Crippen LogP contribution in [0.3, 0.4) is 0 Å². The van der Waals surface area contributed by atoms with Gasteiger partial charge in [-0.1, -0.05) is 44.4 Å². The Kier molecular flexibility index (Phi) is 6.12. The second-order valence-corrected chi connectivity index (χ2v) is 4.98. The molecule has 0 aliphatic rings. The van der Waals surface area contributed by atoms with Gasteiger partial charge in [0.05, 0.1) is 5.92 Å². The van der Waals surface area contributed by atoms with Crippen molar-refractivity contribution in [3.8, 4) is 0 Å². The van der Waals surface area contributed by atoms with Gasteiger partial charge in [0, 0.05) is 4.90 Å². The maximum absolute atomic E-state index is 11.4. The van der Waals surface area contributed by atoms with E-state index in [1.54, 1.807) is 11.8 Å². The Labute approximate surface area is 107 Å². The number of rotatable bonds is 7. The highest BCUT2D eigenvalue weighted by Crippen LogP contribution is 2.30. The number of hydrogen-bond donors (Lipinski definition) is 1. The molecule has 1 aromatic rings. The summed E-state index contributed by atoms with van der Waals surface area (Å²) >= 11 is 1.62. The fourth-order valence-corrected chi connectivity index (χ4v) is 2.63. The number of aliphatic carboxylic acids is 1. The Hall–Kier alpha value is -0.960. The van der Waals surface area contributed by atoms with Crippen molar-refractivity contribution >= 4 is 17.7 Å². The molecule has 1 N–H and O–H groups in total. The van der Waals surface area contributed by atoms with E-state index in [0.29, 0.717) is 0 Å². The molecular weight excluding hydrogens is 232 g/mol. The number of benzene rings is 1. The third-order valence-corrected chi connectivity index (χ3v) is 3.72. The molecule has 0 fully saturated rings. The molecule has 94 valence electrons. The molecule has 0 saturated carbocycles. The number of hydrogen-bond acceptors (Lipinski definition) is 2. The van der Waals surface area contributed by atoms with Gasteiger partial charge in [0.25, 0.3) is 0 Å². The topological polar surface area (TPSA) is 37.3 Å². The molecule has 0 spiro atoms. The molecule has 1 rings (SSSR count). The molecule has 0 amide bonds. The molecular formula is C14H20O2S. The van der Waals surface area contributed by atoms with E-state index in [4.69, 9.17) is 0 Å². The van der Waals surface area contributed by atoms with Crippen molar-refractivity contribution in [2.24, 2.45) is 0 Å². The third-order valence-electron chi connectivity index (χ3n) is 2.91. The fourth-order valence-electron chi connectivity index (χ4n) is 1.96. The summed E-state index contributed by atoms with van der Waals surface area (Å²) in [5, 5.41) is 9.34. The largest absolute Gasteiger partial charge is 0.481 e. The minimum atomic E-state index is -0.706. The summed E-state index contributed by atoms with van der Waals surface area (Å²) in [7, 11) is 0. The molecule has 0 bridgehead atoms.